The van der Waals surface area contributed by atoms with E-state index < -0.39 is 0 Å². The third-order valence-corrected chi connectivity index (χ3v) is 5.85. The van der Waals surface area contributed by atoms with Gasteiger partial charge in [0.25, 0.3) is 5.91 Å². The van der Waals surface area contributed by atoms with Crippen molar-refractivity contribution in [1.82, 2.24) is 24.6 Å². The van der Waals surface area contributed by atoms with Crippen LogP contribution in [0, 0.1) is 0 Å². The first-order valence-corrected chi connectivity index (χ1v) is 11.2. The van der Waals surface area contributed by atoms with Gasteiger partial charge in [0, 0.05) is 31.2 Å². The van der Waals surface area contributed by atoms with Crippen LogP contribution in [0.2, 0.25) is 0 Å². The van der Waals surface area contributed by atoms with Crippen molar-refractivity contribution in [2.45, 2.75) is 32.4 Å². The van der Waals surface area contributed by atoms with Crippen molar-refractivity contribution in [2.75, 3.05) is 18.4 Å². The normalized spacial score (nSPS) is 15.9. The Morgan fingerprint density at radius 3 is 2.82 bits per heavy atom. The summed E-state index contributed by atoms with van der Waals surface area (Å²) in [6, 6.07) is 12.1. The first-order chi connectivity index (χ1) is 16.4. The van der Waals surface area contributed by atoms with E-state index in [9.17, 15) is 9.59 Å². The van der Waals surface area contributed by atoms with Gasteiger partial charge >= 0.3 is 0 Å². The monoisotopic (exact) mass is 459 g/mol. The number of amides is 1. The van der Waals surface area contributed by atoms with Crippen molar-refractivity contribution in [3.63, 3.8) is 0 Å². The van der Waals surface area contributed by atoms with Crippen LogP contribution in [0.3, 0.4) is 0 Å². The molecule has 5 rings (SSSR count). The smallest absolute Gasteiger partial charge is 0.289 e. The second-order valence-electron chi connectivity index (χ2n) is 8.64. The van der Waals surface area contributed by atoms with E-state index >= 15 is 0 Å². The standard InChI is InChI=1S/C24H25N7O3/c1-14(2)31-13-26-29-23(31)17-6-4-8-21(28-17)27-16-5-3-7-19-22(16)18(32)11-20(34-19)24(33)30-10-9-15(25)12-30/h3-8,11,13-15H,9-10,12,25H2,1-2H3,(H,27,28). The lowest BCUT2D eigenvalue weighted by molar-refractivity contribution is 0.0760. The fraction of sp³-hybridized carbons (Fsp3) is 0.292. The van der Waals surface area contributed by atoms with Crippen LogP contribution in [0.4, 0.5) is 11.5 Å². The van der Waals surface area contributed by atoms with Crippen LogP contribution >= 0.6 is 0 Å². The van der Waals surface area contributed by atoms with E-state index in [2.05, 4.69) is 20.5 Å². The van der Waals surface area contributed by atoms with Crippen LogP contribution in [0.25, 0.3) is 22.5 Å². The second kappa shape index (κ2) is 8.71. The van der Waals surface area contributed by atoms with Crippen LogP contribution in [-0.4, -0.2) is 49.7 Å². The lowest BCUT2D eigenvalue weighted by Crippen LogP contribution is -2.32. The van der Waals surface area contributed by atoms with Crippen LogP contribution in [-0.2, 0) is 0 Å². The number of pyridine rings is 1. The largest absolute Gasteiger partial charge is 0.451 e. The predicted molar refractivity (Wildman–Crippen MR) is 128 cm³/mol. The summed E-state index contributed by atoms with van der Waals surface area (Å²) in [4.78, 5) is 32.1. The highest BCUT2D eigenvalue weighted by Crippen LogP contribution is 2.26. The highest BCUT2D eigenvalue weighted by Gasteiger charge is 2.27. The molecule has 1 aliphatic heterocycles. The van der Waals surface area contributed by atoms with E-state index in [4.69, 9.17) is 10.2 Å². The van der Waals surface area contributed by atoms with Gasteiger partial charge in [0.1, 0.15) is 23.4 Å². The number of anilines is 2. The molecular weight excluding hydrogens is 434 g/mol. The van der Waals surface area contributed by atoms with Crippen molar-refractivity contribution in [3.8, 4) is 11.5 Å². The fourth-order valence-electron chi connectivity index (χ4n) is 4.12. The lowest BCUT2D eigenvalue weighted by atomic mass is 10.1. The number of aromatic nitrogens is 4. The number of nitrogens with two attached hydrogens (primary N) is 1. The molecule has 0 bridgehead atoms. The van der Waals surface area contributed by atoms with E-state index in [1.54, 1.807) is 35.5 Å². The minimum atomic E-state index is -0.325. The minimum Gasteiger partial charge on any atom is -0.451 e. The molecule has 1 unspecified atom stereocenters. The Hall–Kier alpha value is -4.05. The highest BCUT2D eigenvalue weighted by atomic mass is 16.3. The van der Waals surface area contributed by atoms with Gasteiger partial charge in [0.2, 0.25) is 0 Å². The third kappa shape index (κ3) is 4.03. The summed E-state index contributed by atoms with van der Waals surface area (Å²) in [6.45, 7) is 5.09. The zero-order valence-electron chi connectivity index (χ0n) is 18.9. The number of benzene rings is 1. The van der Waals surface area contributed by atoms with Gasteiger partial charge in [-0.25, -0.2) is 4.98 Å². The highest BCUT2D eigenvalue weighted by molar-refractivity contribution is 5.96. The Morgan fingerprint density at radius 1 is 1.24 bits per heavy atom. The molecule has 0 aliphatic carbocycles. The molecule has 174 valence electrons. The number of rotatable bonds is 5. The maximum atomic E-state index is 13.0. The van der Waals surface area contributed by atoms with Crippen molar-refractivity contribution in [3.05, 3.63) is 64.8 Å². The van der Waals surface area contributed by atoms with Gasteiger partial charge in [0.15, 0.2) is 17.0 Å². The molecule has 1 amide bonds. The summed E-state index contributed by atoms with van der Waals surface area (Å²) >= 11 is 0. The zero-order valence-corrected chi connectivity index (χ0v) is 18.9. The van der Waals surface area contributed by atoms with Gasteiger partial charge in [-0.2, -0.15) is 0 Å². The second-order valence-corrected chi connectivity index (χ2v) is 8.64. The molecule has 1 saturated heterocycles. The van der Waals surface area contributed by atoms with Crippen LogP contribution in [0.5, 0.6) is 0 Å². The number of nitrogens with one attached hydrogen (secondary N) is 1. The molecule has 1 aromatic carbocycles. The van der Waals surface area contributed by atoms with E-state index in [0.29, 0.717) is 47.1 Å². The Balaban J connectivity index is 1.48. The first kappa shape index (κ1) is 21.8. The number of hydrogen-bond donors (Lipinski definition) is 2. The average Bonchev–Trinajstić information content (AvgIpc) is 3.48. The van der Waals surface area contributed by atoms with E-state index in [1.165, 1.54) is 6.07 Å². The van der Waals surface area contributed by atoms with Crippen molar-refractivity contribution in [2.24, 2.45) is 5.73 Å². The fourth-order valence-corrected chi connectivity index (χ4v) is 4.12. The number of likely N-dealkylation sites (tertiary alicyclic amines) is 1. The molecular formula is C24H25N7O3. The molecule has 4 aromatic rings. The third-order valence-electron chi connectivity index (χ3n) is 5.85. The SMILES string of the molecule is CC(C)n1cnnc1-c1cccc(Nc2cccc3oc(C(=O)N4CCC(N)C4)cc(=O)c23)n1. The number of carbonyl (C=O) groups is 1. The molecule has 0 saturated carbocycles. The molecule has 10 heteroatoms. The maximum absolute atomic E-state index is 13.0. The Bertz CT molecular complexity index is 1430. The summed E-state index contributed by atoms with van der Waals surface area (Å²) in [5.74, 6) is 0.876. The number of hydrogen-bond acceptors (Lipinski definition) is 8. The van der Waals surface area contributed by atoms with Crippen molar-refractivity contribution < 1.29 is 9.21 Å². The molecule has 0 radical (unpaired) electrons. The molecule has 1 fully saturated rings. The van der Waals surface area contributed by atoms with Crippen molar-refractivity contribution >= 4 is 28.4 Å². The summed E-state index contributed by atoms with van der Waals surface area (Å²) in [5, 5.41) is 11.7. The molecule has 3 N–H and O–H groups in total. The molecule has 10 nitrogen and oxygen atoms in total. The predicted octanol–water partition coefficient (Wildman–Crippen LogP) is 2.94. The average molecular weight is 460 g/mol. The van der Waals surface area contributed by atoms with Gasteiger partial charge < -0.3 is 24.9 Å². The molecule has 34 heavy (non-hydrogen) atoms. The Labute approximate surface area is 195 Å². The number of carbonyl (C=O) groups excluding carboxylic acids is 1. The first-order valence-electron chi connectivity index (χ1n) is 11.2. The Kier molecular flexibility index (Phi) is 5.58. The molecule has 0 spiro atoms. The van der Waals surface area contributed by atoms with Gasteiger partial charge in [0.05, 0.1) is 11.1 Å². The van der Waals surface area contributed by atoms with Crippen LogP contribution in [0.1, 0.15) is 36.9 Å². The Morgan fingerprint density at radius 2 is 2.06 bits per heavy atom. The van der Waals surface area contributed by atoms with Crippen LogP contribution < -0.4 is 16.5 Å². The maximum Gasteiger partial charge on any atom is 0.289 e. The van der Waals surface area contributed by atoms with E-state index in [-0.39, 0.29) is 29.2 Å². The topological polar surface area (TPSA) is 132 Å². The van der Waals surface area contributed by atoms with E-state index in [1.807, 2.05) is 30.5 Å². The van der Waals surface area contributed by atoms with Crippen molar-refractivity contribution in [1.29, 1.82) is 0 Å². The lowest BCUT2D eigenvalue weighted by Gasteiger charge is -2.15. The molecule has 1 atom stereocenters. The summed E-state index contributed by atoms with van der Waals surface area (Å²) in [7, 11) is 0. The summed E-state index contributed by atoms with van der Waals surface area (Å²) in [6.07, 6.45) is 2.41. The summed E-state index contributed by atoms with van der Waals surface area (Å²) < 4.78 is 7.78. The summed E-state index contributed by atoms with van der Waals surface area (Å²) in [5.41, 5.74) is 7.10. The number of fused-ring (bicyclic) bond motifs is 1. The van der Waals surface area contributed by atoms with Gasteiger partial charge in [-0.3, -0.25) is 9.59 Å². The molecule has 1 aliphatic rings. The molecule has 4 heterocycles. The number of nitrogens with zero attached hydrogens (tertiary/aromatic N) is 5. The minimum absolute atomic E-state index is 0.0110. The quantitative estimate of drug-likeness (QED) is 0.466. The van der Waals surface area contributed by atoms with Gasteiger partial charge in [-0.15, -0.1) is 10.2 Å². The van der Waals surface area contributed by atoms with E-state index in [0.717, 1.165) is 6.42 Å². The van der Waals surface area contributed by atoms with Gasteiger partial charge in [-0.05, 0) is 44.5 Å². The zero-order chi connectivity index (χ0) is 23.8. The molecule has 3 aromatic heterocycles. The van der Waals surface area contributed by atoms with Crippen LogP contribution in [0.15, 0.2) is 58.0 Å². The van der Waals surface area contributed by atoms with Gasteiger partial charge in [-0.1, -0.05) is 12.1 Å².